The molecule has 126 valence electrons. The minimum Gasteiger partial charge on any atom is -0.203 e. The Hall–Kier alpha value is -2.74. The normalized spacial score (nSPS) is 11.2. The van der Waals surface area contributed by atoms with Gasteiger partial charge in [-0.3, -0.25) is 0 Å². The maximum Gasteiger partial charge on any atom is 0.167 e. The lowest BCUT2D eigenvalue weighted by molar-refractivity contribution is 0.514. The summed E-state index contributed by atoms with van der Waals surface area (Å²) in [6.45, 7) is 3.94. The molecule has 0 saturated heterocycles. The van der Waals surface area contributed by atoms with Crippen molar-refractivity contribution in [1.29, 1.82) is 0 Å². The van der Waals surface area contributed by atoms with Crippen LogP contribution in [0.4, 0.5) is 8.78 Å². The molecule has 0 aliphatic rings. The van der Waals surface area contributed by atoms with Crippen LogP contribution in [0.5, 0.6) is 0 Å². The molecule has 0 aliphatic heterocycles. The molecule has 0 bridgehead atoms. The van der Waals surface area contributed by atoms with E-state index in [4.69, 9.17) is 0 Å². The fourth-order valence-electron chi connectivity index (χ4n) is 2.80. The highest BCUT2D eigenvalue weighted by Crippen LogP contribution is 2.31. The highest BCUT2D eigenvalue weighted by atomic mass is 19.2. The second-order valence-corrected chi connectivity index (χ2v) is 6.12. The molecule has 2 heteroatoms. The van der Waals surface area contributed by atoms with E-state index >= 15 is 0 Å². The van der Waals surface area contributed by atoms with Crippen molar-refractivity contribution in [3.63, 3.8) is 0 Å². The first-order chi connectivity index (χ1) is 12.1. The van der Waals surface area contributed by atoms with E-state index in [9.17, 15) is 8.78 Å². The summed E-state index contributed by atoms with van der Waals surface area (Å²) in [5, 5.41) is 0. The zero-order valence-electron chi connectivity index (χ0n) is 14.4. The van der Waals surface area contributed by atoms with Crippen molar-refractivity contribution in [3.05, 3.63) is 95.6 Å². The van der Waals surface area contributed by atoms with E-state index in [1.165, 1.54) is 0 Å². The van der Waals surface area contributed by atoms with Crippen LogP contribution in [0.15, 0.2) is 72.8 Å². The molecule has 0 aliphatic carbocycles. The zero-order chi connectivity index (χ0) is 17.8. The molecule has 0 nitrogen and oxygen atoms in total. The van der Waals surface area contributed by atoms with Gasteiger partial charge in [0.15, 0.2) is 11.6 Å². The smallest absolute Gasteiger partial charge is 0.167 e. The Balaban J connectivity index is 1.96. The van der Waals surface area contributed by atoms with Gasteiger partial charge in [-0.05, 0) is 37.0 Å². The Bertz CT molecular complexity index is 889. The van der Waals surface area contributed by atoms with Crippen molar-refractivity contribution in [2.24, 2.45) is 0 Å². The van der Waals surface area contributed by atoms with Gasteiger partial charge in [-0.15, -0.1) is 0 Å². The van der Waals surface area contributed by atoms with Gasteiger partial charge in [0.05, 0.1) is 0 Å². The van der Waals surface area contributed by atoms with E-state index in [0.717, 1.165) is 17.5 Å². The van der Waals surface area contributed by atoms with Crippen molar-refractivity contribution in [3.8, 4) is 22.3 Å². The molecular formula is C23H20F2. The third-order valence-corrected chi connectivity index (χ3v) is 4.30. The van der Waals surface area contributed by atoms with Gasteiger partial charge in [-0.1, -0.05) is 78.4 Å². The lowest BCUT2D eigenvalue weighted by Crippen LogP contribution is -1.94. The average molecular weight is 334 g/mol. The summed E-state index contributed by atoms with van der Waals surface area (Å²) in [5.41, 5.74) is 4.14. The van der Waals surface area contributed by atoms with Gasteiger partial charge in [0.25, 0.3) is 0 Å². The van der Waals surface area contributed by atoms with Crippen LogP contribution in [0.25, 0.3) is 22.3 Å². The maximum atomic E-state index is 14.6. The summed E-state index contributed by atoms with van der Waals surface area (Å²) >= 11 is 0. The molecule has 3 aromatic rings. The summed E-state index contributed by atoms with van der Waals surface area (Å²) in [4.78, 5) is 0. The van der Waals surface area contributed by atoms with E-state index in [1.807, 2.05) is 68.5 Å². The van der Waals surface area contributed by atoms with E-state index in [2.05, 4.69) is 6.08 Å². The molecule has 0 fully saturated rings. The molecule has 3 aromatic carbocycles. The van der Waals surface area contributed by atoms with Crippen molar-refractivity contribution in [1.82, 2.24) is 0 Å². The van der Waals surface area contributed by atoms with Crippen LogP contribution in [0.1, 0.15) is 18.1 Å². The topological polar surface area (TPSA) is 0 Å². The van der Waals surface area contributed by atoms with Gasteiger partial charge >= 0.3 is 0 Å². The summed E-state index contributed by atoms with van der Waals surface area (Å²) in [5.74, 6) is -1.61. The van der Waals surface area contributed by atoms with E-state index in [0.29, 0.717) is 11.1 Å². The lowest BCUT2D eigenvalue weighted by Gasteiger charge is -2.10. The zero-order valence-corrected chi connectivity index (χ0v) is 14.4. The van der Waals surface area contributed by atoms with E-state index < -0.39 is 11.6 Å². The Morgan fingerprint density at radius 1 is 0.720 bits per heavy atom. The summed E-state index contributed by atoms with van der Waals surface area (Å²) in [6.07, 6.45) is 4.89. The molecule has 25 heavy (non-hydrogen) atoms. The molecule has 0 spiro atoms. The highest BCUT2D eigenvalue weighted by Gasteiger charge is 2.15. The quantitative estimate of drug-likeness (QED) is 0.464. The minimum atomic E-state index is -0.806. The number of allylic oxidation sites excluding steroid dienone is 2. The molecule has 0 N–H and O–H groups in total. The Labute approximate surface area is 147 Å². The predicted octanol–water partition coefficient (Wildman–Crippen LogP) is 6.73. The van der Waals surface area contributed by atoms with Crippen LogP contribution in [-0.2, 0) is 6.42 Å². The van der Waals surface area contributed by atoms with E-state index in [-0.39, 0.29) is 11.1 Å². The van der Waals surface area contributed by atoms with Crippen molar-refractivity contribution in [2.45, 2.75) is 20.3 Å². The van der Waals surface area contributed by atoms with Crippen LogP contribution in [0.2, 0.25) is 0 Å². The first kappa shape index (κ1) is 17.1. The fraction of sp³-hybridized carbons (Fsp3) is 0.130. The van der Waals surface area contributed by atoms with Gasteiger partial charge in [0.1, 0.15) is 0 Å². The largest absolute Gasteiger partial charge is 0.203 e. The predicted molar refractivity (Wildman–Crippen MR) is 100 cm³/mol. The molecule has 0 atom stereocenters. The van der Waals surface area contributed by atoms with Crippen molar-refractivity contribution < 1.29 is 8.78 Å². The summed E-state index contributed by atoms with van der Waals surface area (Å²) in [6, 6.07) is 18.3. The lowest BCUT2D eigenvalue weighted by atomic mass is 9.97. The molecule has 0 heterocycles. The van der Waals surface area contributed by atoms with Crippen LogP contribution in [0.3, 0.4) is 0 Å². The van der Waals surface area contributed by atoms with E-state index in [1.54, 1.807) is 12.1 Å². The standard InChI is InChI=1S/C23H20F2/c1-3-4-5-17-8-12-19(13-9-17)21-15-14-20(22(24)23(21)25)18-10-6-16(2)7-11-18/h3-4,6-15H,5H2,1-2H3. The third-order valence-electron chi connectivity index (χ3n) is 4.30. The Kier molecular flexibility index (Phi) is 5.08. The second kappa shape index (κ2) is 7.43. The maximum absolute atomic E-state index is 14.6. The Morgan fingerprint density at radius 3 is 1.68 bits per heavy atom. The van der Waals surface area contributed by atoms with Gasteiger partial charge in [0.2, 0.25) is 0 Å². The molecule has 0 amide bonds. The number of rotatable bonds is 4. The SMILES string of the molecule is CC=CCc1ccc(-c2ccc(-c3ccc(C)cc3)c(F)c2F)cc1. The fourth-order valence-corrected chi connectivity index (χ4v) is 2.80. The van der Waals surface area contributed by atoms with Gasteiger partial charge in [0, 0.05) is 11.1 Å². The molecule has 0 unspecified atom stereocenters. The minimum absolute atomic E-state index is 0.283. The number of hydrogen-bond donors (Lipinski definition) is 0. The summed E-state index contributed by atoms with van der Waals surface area (Å²) < 4.78 is 29.2. The van der Waals surface area contributed by atoms with Crippen molar-refractivity contribution in [2.75, 3.05) is 0 Å². The first-order valence-corrected chi connectivity index (χ1v) is 8.35. The highest BCUT2D eigenvalue weighted by molar-refractivity contribution is 5.72. The number of aryl methyl sites for hydroxylation is 1. The third kappa shape index (κ3) is 3.69. The first-order valence-electron chi connectivity index (χ1n) is 8.35. The molecule has 0 radical (unpaired) electrons. The summed E-state index contributed by atoms with van der Waals surface area (Å²) in [7, 11) is 0. The van der Waals surface area contributed by atoms with Crippen LogP contribution < -0.4 is 0 Å². The number of hydrogen-bond acceptors (Lipinski definition) is 0. The van der Waals surface area contributed by atoms with Crippen LogP contribution in [0, 0.1) is 18.6 Å². The van der Waals surface area contributed by atoms with Gasteiger partial charge in [-0.25, -0.2) is 8.78 Å². The monoisotopic (exact) mass is 334 g/mol. The van der Waals surface area contributed by atoms with Crippen LogP contribution in [-0.4, -0.2) is 0 Å². The molecule has 3 rings (SSSR count). The number of benzene rings is 3. The van der Waals surface area contributed by atoms with Gasteiger partial charge < -0.3 is 0 Å². The molecular weight excluding hydrogens is 314 g/mol. The molecule has 0 saturated carbocycles. The van der Waals surface area contributed by atoms with Crippen LogP contribution >= 0.6 is 0 Å². The average Bonchev–Trinajstić information content (AvgIpc) is 2.64. The Morgan fingerprint density at radius 2 is 1.20 bits per heavy atom. The second-order valence-electron chi connectivity index (χ2n) is 6.12. The van der Waals surface area contributed by atoms with Gasteiger partial charge in [-0.2, -0.15) is 0 Å². The number of halogens is 2. The van der Waals surface area contributed by atoms with Crippen molar-refractivity contribution >= 4 is 0 Å². The molecule has 0 aromatic heterocycles.